The van der Waals surface area contributed by atoms with Crippen LogP contribution in [-0.4, -0.2) is 22.3 Å². The van der Waals surface area contributed by atoms with E-state index in [0.717, 1.165) is 0 Å². The second-order valence-corrected chi connectivity index (χ2v) is 4.16. The van der Waals surface area contributed by atoms with Crippen molar-refractivity contribution in [2.75, 3.05) is 0 Å². The van der Waals surface area contributed by atoms with E-state index in [9.17, 15) is 14.7 Å². The molecule has 0 radical (unpaired) electrons. The van der Waals surface area contributed by atoms with Crippen LogP contribution >= 0.6 is 0 Å². The molecule has 2 atom stereocenters. The van der Waals surface area contributed by atoms with E-state index in [1.165, 1.54) is 13.8 Å². The van der Waals surface area contributed by atoms with Crippen LogP contribution in [0.1, 0.15) is 31.1 Å². The van der Waals surface area contributed by atoms with E-state index in [1.807, 2.05) is 6.07 Å². The number of hydrogen-bond donors (Lipinski definition) is 1. The summed E-state index contributed by atoms with van der Waals surface area (Å²) in [5.74, 6) is -1.36. The van der Waals surface area contributed by atoms with Gasteiger partial charge < -0.3 is 5.11 Å². The third kappa shape index (κ3) is 2.36. The Morgan fingerprint density at radius 2 is 1.75 bits per heavy atom. The van der Waals surface area contributed by atoms with Crippen molar-refractivity contribution in [3.8, 4) is 0 Å². The maximum Gasteiger partial charge on any atom is 0.168 e. The second kappa shape index (κ2) is 4.58. The quantitative estimate of drug-likeness (QED) is 0.788. The number of ketones is 2. The molecule has 0 aliphatic carbocycles. The monoisotopic (exact) mass is 220 g/mol. The molecule has 0 fully saturated rings. The lowest BCUT2D eigenvalue weighted by Crippen LogP contribution is -2.44. The number of carbonyl (C=O) groups is 2. The zero-order valence-corrected chi connectivity index (χ0v) is 9.73. The van der Waals surface area contributed by atoms with E-state index >= 15 is 0 Å². The molecular formula is C13H16O3. The predicted octanol–water partition coefficient (Wildman–Crippen LogP) is 1.85. The Hall–Kier alpha value is -1.48. The van der Waals surface area contributed by atoms with Gasteiger partial charge in [-0.25, -0.2) is 0 Å². The van der Waals surface area contributed by atoms with Crippen LogP contribution in [-0.2, 0) is 4.79 Å². The Labute approximate surface area is 95.1 Å². The van der Waals surface area contributed by atoms with Crippen molar-refractivity contribution >= 4 is 11.6 Å². The average molecular weight is 220 g/mol. The molecule has 3 heteroatoms. The number of hydrogen-bond acceptors (Lipinski definition) is 3. The fourth-order valence-electron chi connectivity index (χ4n) is 1.41. The smallest absolute Gasteiger partial charge is 0.168 e. The van der Waals surface area contributed by atoms with Crippen LogP contribution in [0.25, 0.3) is 0 Å². The molecule has 0 saturated heterocycles. The zero-order chi connectivity index (χ0) is 12.3. The van der Waals surface area contributed by atoms with E-state index in [-0.39, 0.29) is 5.78 Å². The van der Waals surface area contributed by atoms with Gasteiger partial charge in [0.15, 0.2) is 11.6 Å². The third-order valence-corrected chi connectivity index (χ3v) is 3.01. The molecule has 0 saturated carbocycles. The largest absolute Gasteiger partial charge is 0.382 e. The minimum Gasteiger partial charge on any atom is -0.382 e. The summed E-state index contributed by atoms with van der Waals surface area (Å²) in [6, 6.07) is 8.67. The van der Waals surface area contributed by atoms with Gasteiger partial charge in [0.05, 0.1) is 5.92 Å². The van der Waals surface area contributed by atoms with E-state index < -0.39 is 17.3 Å². The molecule has 1 aromatic rings. The first kappa shape index (κ1) is 12.6. The van der Waals surface area contributed by atoms with Gasteiger partial charge in [-0.2, -0.15) is 0 Å². The second-order valence-electron chi connectivity index (χ2n) is 4.16. The van der Waals surface area contributed by atoms with Gasteiger partial charge in [0.1, 0.15) is 5.60 Å². The van der Waals surface area contributed by atoms with Gasteiger partial charge in [-0.3, -0.25) is 9.59 Å². The molecular weight excluding hydrogens is 204 g/mol. The first-order chi connectivity index (χ1) is 7.37. The van der Waals surface area contributed by atoms with Gasteiger partial charge in [0, 0.05) is 5.56 Å². The summed E-state index contributed by atoms with van der Waals surface area (Å²) < 4.78 is 0. The molecule has 0 aliphatic rings. The number of carbonyl (C=O) groups excluding carboxylic acids is 2. The summed E-state index contributed by atoms with van der Waals surface area (Å²) in [6.07, 6.45) is 0. The highest BCUT2D eigenvalue weighted by Gasteiger charge is 2.38. The topological polar surface area (TPSA) is 54.4 Å². The number of Topliss-reactive ketones (excluding diaryl/α,β-unsaturated/α-hetero) is 2. The molecule has 1 aromatic carbocycles. The minimum atomic E-state index is -1.60. The standard InChI is InChI=1S/C13H16O3/c1-9(13(3,16)10(2)14)12(15)11-7-5-4-6-8-11/h4-9,16H,1-3H3. The predicted molar refractivity (Wildman–Crippen MR) is 61.2 cm³/mol. The molecule has 0 heterocycles. The van der Waals surface area contributed by atoms with Crippen LogP contribution in [0.15, 0.2) is 30.3 Å². The highest BCUT2D eigenvalue weighted by Crippen LogP contribution is 2.22. The van der Waals surface area contributed by atoms with Gasteiger partial charge in [-0.05, 0) is 13.8 Å². The molecule has 0 bridgehead atoms. The van der Waals surface area contributed by atoms with Crippen LogP contribution in [0.5, 0.6) is 0 Å². The van der Waals surface area contributed by atoms with Crippen molar-refractivity contribution in [3.63, 3.8) is 0 Å². The summed E-state index contributed by atoms with van der Waals surface area (Å²) in [6.45, 7) is 4.23. The third-order valence-electron chi connectivity index (χ3n) is 3.01. The number of benzene rings is 1. The normalized spacial score (nSPS) is 16.2. The van der Waals surface area contributed by atoms with Crippen LogP contribution in [0, 0.1) is 5.92 Å². The van der Waals surface area contributed by atoms with Crippen molar-refractivity contribution in [2.45, 2.75) is 26.4 Å². The maximum atomic E-state index is 12.0. The zero-order valence-electron chi connectivity index (χ0n) is 9.73. The maximum absolute atomic E-state index is 12.0. The van der Waals surface area contributed by atoms with E-state index in [4.69, 9.17) is 0 Å². The van der Waals surface area contributed by atoms with E-state index in [2.05, 4.69) is 0 Å². The van der Waals surface area contributed by atoms with Gasteiger partial charge >= 0.3 is 0 Å². The first-order valence-corrected chi connectivity index (χ1v) is 5.20. The molecule has 1 rings (SSSR count). The van der Waals surface area contributed by atoms with Crippen molar-refractivity contribution < 1.29 is 14.7 Å². The molecule has 0 aliphatic heterocycles. The summed E-state index contributed by atoms with van der Waals surface area (Å²) in [5, 5.41) is 9.92. The first-order valence-electron chi connectivity index (χ1n) is 5.20. The Morgan fingerprint density at radius 3 is 2.19 bits per heavy atom. The van der Waals surface area contributed by atoms with Gasteiger partial charge in [0.25, 0.3) is 0 Å². The van der Waals surface area contributed by atoms with Gasteiger partial charge in [-0.1, -0.05) is 37.3 Å². The van der Waals surface area contributed by atoms with Crippen LogP contribution < -0.4 is 0 Å². The molecule has 0 spiro atoms. The Kier molecular flexibility index (Phi) is 3.60. The molecule has 1 N–H and O–H groups in total. The highest BCUT2D eigenvalue weighted by atomic mass is 16.3. The summed E-state index contributed by atoms with van der Waals surface area (Å²) in [7, 11) is 0. The molecule has 86 valence electrons. The number of rotatable bonds is 4. The van der Waals surface area contributed by atoms with Crippen molar-refractivity contribution in [3.05, 3.63) is 35.9 Å². The average Bonchev–Trinajstić information content (AvgIpc) is 2.28. The van der Waals surface area contributed by atoms with Crippen molar-refractivity contribution in [2.24, 2.45) is 5.92 Å². The lowest BCUT2D eigenvalue weighted by atomic mass is 9.82. The highest BCUT2D eigenvalue weighted by molar-refractivity contribution is 6.02. The summed E-state index contributed by atoms with van der Waals surface area (Å²) >= 11 is 0. The van der Waals surface area contributed by atoms with Gasteiger partial charge in [0.2, 0.25) is 0 Å². The van der Waals surface area contributed by atoms with Crippen LogP contribution in [0.4, 0.5) is 0 Å². The Bertz CT molecular complexity index is 393. The van der Waals surface area contributed by atoms with Crippen LogP contribution in [0.3, 0.4) is 0 Å². The lowest BCUT2D eigenvalue weighted by Gasteiger charge is -2.26. The molecule has 3 nitrogen and oxygen atoms in total. The fraction of sp³-hybridized carbons (Fsp3) is 0.385. The molecule has 0 aromatic heterocycles. The number of aliphatic hydroxyl groups is 1. The van der Waals surface area contributed by atoms with E-state index in [0.29, 0.717) is 5.56 Å². The Balaban J connectivity index is 2.96. The van der Waals surface area contributed by atoms with Crippen LogP contribution in [0.2, 0.25) is 0 Å². The minimum absolute atomic E-state index is 0.221. The Morgan fingerprint density at radius 1 is 1.25 bits per heavy atom. The van der Waals surface area contributed by atoms with Crippen molar-refractivity contribution in [1.82, 2.24) is 0 Å². The van der Waals surface area contributed by atoms with Gasteiger partial charge in [-0.15, -0.1) is 0 Å². The molecule has 2 unspecified atom stereocenters. The van der Waals surface area contributed by atoms with E-state index in [1.54, 1.807) is 31.2 Å². The van der Waals surface area contributed by atoms with Crippen molar-refractivity contribution in [1.29, 1.82) is 0 Å². The molecule has 0 amide bonds. The summed E-state index contributed by atoms with van der Waals surface area (Å²) in [5.41, 5.74) is -1.09. The SMILES string of the molecule is CC(=O)C(C)(O)C(C)C(=O)c1ccccc1. The lowest BCUT2D eigenvalue weighted by molar-refractivity contribution is -0.136. The molecule has 16 heavy (non-hydrogen) atoms. The summed E-state index contributed by atoms with van der Waals surface area (Å²) in [4.78, 5) is 23.2. The fourth-order valence-corrected chi connectivity index (χ4v) is 1.41.